The summed E-state index contributed by atoms with van der Waals surface area (Å²) in [5.74, 6) is -0.599. The molecule has 1 aliphatic carbocycles. The number of carbonyl (C=O) groups excluding carboxylic acids is 1. The highest BCUT2D eigenvalue weighted by molar-refractivity contribution is 5.73. The van der Waals surface area contributed by atoms with Gasteiger partial charge in [-0.2, -0.15) is 0 Å². The highest BCUT2D eigenvalue weighted by Gasteiger charge is 2.44. The molecule has 0 amide bonds. The van der Waals surface area contributed by atoms with Gasteiger partial charge in [0.05, 0.1) is 19.1 Å². The van der Waals surface area contributed by atoms with Gasteiger partial charge in [0.15, 0.2) is 0 Å². The molecule has 0 radical (unpaired) electrons. The molecule has 0 heterocycles. The summed E-state index contributed by atoms with van der Waals surface area (Å²) in [7, 11) is 1.36. The number of hydrogen-bond donors (Lipinski definition) is 1. The Morgan fingerprint density at radius 3 is 2.50 bits per heavy atom. The van der Waals surface area contributed by atoms with Crippen molar-refractivity contribution < 1.29 is 14.6 Å². The van der Waals surface area contributed by atoms with Crippen LogP contribution in [0.5, 0.6) is 0 Å². The van der Waals surface area contributed by atoms with E-state index < -0.39 is 6.10 Å². The second-order valence-corrected chi connectivity index (χ2v) is 4.10. The first-order chi connectivity index (χ1) is 5.49. The molecule has 1 N–H and O–H groups in total. The van der Waals surface area contributed by atoms with E-state index in [4.69, 9.17) is 0 Å². The van der Waals surface area contributed by atoms with Gasteiger partial charge in [-0.05, 0) is 18.3 Å². The monoisotopic (exact) mass is 172 g/mol. The number of rotatable bonds is 1. The minimum atomic E-state index is -0.551. The molecule has 2 atom stereocenters. The molecule has 2 unspecified atom stereocenters. The number of hydrogen-bond acceptors (Lipinski definition) is 3. The van der Waals surface area contributed by atoms with E-state index in [0.29, 0.717) is 0 Å². The first-order valence-electron chi connectivity index (χ1n) is 4.25. The largest absolute Gasteiger partial charge is 0.469 e. The quantitative estimate of drug-likeness (QED) is 0.599. The summed E-state index contributed by atoms with van der Waals surface area (Å²) >= 11 is 0. The van der Waals surface area contributed by atoms with Crippen LogP contribution < -0.4 is 0 Å². The summed E-state index contributed by atoms with van der Waals surface area (Å²) in [5.41, 5.74) is -0.140. The van der Waals surface area contributed by atoms with Gasteiger partial charge < -0.3 is 9.84 Å². The third-order valence-electron chi connectivity index (χ3n) is 2.79. The van der Waals surface area contributed by atoms with Gasteiger partial charge >= 0.3 is 5.97 Å². The van der Waals surface area contributed by atoms with Gasteiger partial charge in [-0.3, -0.25) is 4.79 Å². The molecule has 3 nitrogen and oxygen atoms in total. The van der Waals surface area contributed by atoms with Crippen molar-refractivity contribution >= 4 is 5.97 Å². The Morgan fingerprint density at radius 2 is 2.17 bits per heavy atom. The summed E-state index contributed by atoms with van der Waals surface area (Å²) in [6.07, 6.45) is 1.07. The van der Waals surface area contributed by atoms with E-state index in [-0.39, 0.29) is 17.3 Å². The van der Waals surface area contributed by atoms with E-state index in [2.05, 4.69) is 4.74 Å². The summed E-state index contributed by atoms with van der Waals surface area (Å²) in [6, 6.07) is 0. The second-order valence-electron chi connectivity index (χ2n) is 4.10. The maximum atomic E-state index is 11.1. The molecular formula is C9H16O3. The predicted molar refractivity (Wildman–Crippen MR) is 44.5 cm³/mol. The van der Waals surface area contributed by atoms with E-state index in [0.717, 1.165) is 12.8 Å². The zero-order valence-corrected chi connectivity index (χ0v) is 7.83. The maximum absolute atomic E-state index is 11.1. The van der Waals surface area contributed by atoms with Gasteiger partial charge in [0.25, 0.3) is 0 Å². The third-order valence-corrected chi connectivity index (χ3v) is 2.79. The summed E-state index contributed by atoms with van der Waals surface area (Å²) < 4.78 is 4.60. The Labute approximate surface area is 72.7 Å². The molecule has 1 aliphatic rings. The first kappa shape index (κ1) is 9.52. The molecular weight excluding hydrogens is 156 g/mol. The van der Waals surface area contributed by atoms with Crippen LogP contribution in [0.4, 0.5) is 0 Å². The molecule has 1 fully saturated rings. The summed E-state index contributed by atoms with van der Waals surface area (Å²) in [4.78, 5) is 11.1. The number of esters is 1. The van der Waals surface area contributed by atoms with Crippen LogP contribution in [0.2, 0.25) is 0 Å². The predicted octanol–water partition coefficient (Wildman–Crippen LogP) is 0.956. The lowest BCUT2D eigenvalue weighted by atomic mass is 9.87. The van der Waals surface area contributed by atoms with Crippen molar-refractivity contribution in [1.82, 2.24) is 0 Å². The Morgan fingerprint density at radius 1 is 1.58 bits per heavy atom. The van der Waals surface area contributed by atoms with E-state index in [1.165, 1.54) is 7.11 Å². The van der Waals surface area contributed by atoms with Crippen molar-refractivity contribution in [3.8, 4) is 0 Å². The van der Waals surface area contributed by atoms with Crippen LogP contribution in [0.1, 0.15) is 26.7 Å². The number of aliphatic hydroxyl groups is 1. The summed E-state index contributed by atoms with van der Waals surface area (Å²) in [6.45, 7) is 3.95. The van der Waals surface area contributed by atoms with E-state index in [9.17, 15) is 9.90 Å². The van der Waals surface area contributed by atoms with Crippen molar-refractivity contribution in [2.75, 3.05) is 7.11 Å². The molecule has 70 valence electrons. The SMILES string of the molecule is COC(=O)C1CCC(C)(C)C1O. The molecule has 0 aromatic rings. The molecule has 0 aromatic carbocycles. The Balaban J connectivity index is 2.67. The van der Waals surface area contributed by atoms with Crippen molar-refractivity contribution in [3.63, 3.8) is 0 Å². The van der Waals surface area contributed by atoms with Crippen LogP contribution >= 0.6 is 0 Å². The first-order valence-corrected chi connectivity index (χ1v) is 4.25. The smallest absolute Gasteiger partial charge is 0.311 e. The van der Waals surface area contributed by atoms with Crippen molar-refractivity contribution in [3.05, 3.63) is 0 Å². The number of methoxy groups -OCH3 is 1. The van der Waals surface area contributed by atoms with Gasteiger partial charge in [0, 0.05) is 0 Å². The molecule has 0 saturated heterocycles. The zero-order chi connectivity index (χ0) is 9.35. The Kier molecular flexibility index (Phi) is 2.42. The average Bonchev–Trinajstić information content (AvgIpc) is 2.27. The molecule has 12 heavy (non-hydrogen) atoms. The van der Waals surface area contributed by atoms with Crippen LogP contribution in [-0.2, 0) is 9.53 Å². The number of carbonyl (C=O) groups is 1. The van der Waals surface area contributed by atoms with Crippen molar-refractivity contribution in [1.29, 1.82) is 0 Å². The lowest BCUT2D eigenvalue weighted by Gasteiger charge is -2.24. The Bertz CT molecular complexity index is 186. The van der Waals surface area contributed by atoms with Crippen LogP contribution in [0, 0.1) is 11.3 Å². The highest BCUT2D eigenvalue weighted by Crippen LogP contribution is 2.41. The molecule has 3 heteroatoms. The molecule has 0 bridgehead atoms. The van der Waals surface area contributed by atoms with E-state index in [1.807, 2.05) is 13.8 Å². The fourth-order valence-corrected chi connectivity index (χ4v) is 1.78. The van der Waals surface area contributed by atoms with Crippen LogP contribution in [-0.4, -0.2) is 24.3 Å². The van der Waals surface area contributed by atoms with Gasteiger partial charge in [0.2, 0.25) is 0 Å². The van der Waals surface area contributed by atoms with Gasteiger partial charge in [-0.1, -0.05) is 13.8 Å². The van der Waals surface area contributed by atoms with Gasteiger partial charge in [-0.25, -0.2) is 0 Å². The molecule has 1 rings (SSSR count). The lowest BCUT2D eigenvalue weighted by Crippen LogP contribution is -2.32. The third kappa shape index (κ3) is 1.46. The molecule has 0 aromatic heterocycles. The molecule has 0 aliphatic heterocycles. The average molecular weight is 172 g/mol. The maximum Gasteiger partial charge on any atom is 0.311 e. The molecule has 1 saturated carbocycles. The number of aliphatic hydroxyl groups excluding tert-OH is 1. The lowest BCUT2D eigenvalue weighted by molar-refractivity contribution is -0.149. The van der Waals surface area contributed by atoms with Crippen LogP contribution in [0.3, 0.4) is 0 Å². The van der Waals surface area contributed by atoms with Gasteiger partial charge in [-0.15, -0.1) is 0 Å². The van der Waals surface area contributed by atoms with Crippen LogP contribution in [0.25, 0.3) is 0 Å². The zero-order valence-electron chi connectivity index (χ0n) is 7.83. The fourth-order valence-electron chi connectivity index (χ4n) is 1.78. The minimum Gasteiger partial charge on any atom is -0.469 e. The highest BCUT2D eigenvalue weighted by atomic mass is 16.5. The normalized spacial score (nSPS) is 33.3. The standard InChI is InChI=1S/C9H16O3/c1-9(2)5-4-6(7(9)10)8(11)12-3/h6-7,10H,4-5H2,1-3H3. The van der Waals surface area contributed by atoms with Crippen LogP contribution in [0.15, 0.2) is 0 Å². The fraction of sp³-hybridized carbons (Fsp3) is 0.889. The van der Waals surface area contributed by atoms with E-state index in [1.54, 1.807) is 0 Å². The van der Waals surface area contributed by atoms with Crippen molar-refractivity contribution in [2.45, 2.75) is 32.8 Å². The van der Waals surface area contributed by atoms with E-state index >= 15 is 0 Å². The number of ether oxygens (including phenoxy) is 1. The molecule has 0 spiro atoms. The topological polar surface area (TPSA) is 46.5 Å². The minimum absolute atomic E-state index is 0.140. The van der Waals surface area contributed by atoms with Gasteiger partial charge in [0.1, 0.15) is 0 Å². The Hall–Kier alpha value is -0.570. The summed E-state index contributed by atoms with van der Waals surface area (Å²) in [5, 5.41) is 9.72. The van der Waals surface area contributed by atoms with Crippen molar-refractivity contribution in [2.24, 2.45) is 11.3 Å². The second kappa shape index (κ2) is 3.05.